The van der Waals surface area contributed by atoms with Gasteiger partial charge in [0.25, 0.3) is 10.0 Å². The molecule has 0 spiro atoms. The van der Waals surface area contributed by atoms with Crippen LogP contribution in [0.15, 0.2) is 29.6 Å². The van der Waals surface area contributed by atoms with Crippen molar-refractivity contribution in [1.29, 1.82) is 0 Å². The fourth-order valence-corrected chi connectivity index (χ4v) is 3.49. The van der Waals surface area contributed by atoms with Gasteiger partial charge in [0, 0.05) is 11.7 Å². The van der Waals surface area contributed by atoms with E-state index in [1.54, 1.807) is 6.07 Å². The highest BCUT2D eigenvalue weighted by Crippen LogP contribution is 2.37. The molecule has 0 amide bonds. The highest BCUT2D eigenvalue weighted by molar-refractivity contribution is 7.92. The fraction of sp³-hybridized carbons (Fsp3) is 0.438. The van der Waals surface area contributed by atoms with Crippen molar-refractivity contribution in [2.45, 2.75) is 43.8 Å². The molecule has 1 N–H and O–H groups in total. The maximum atomic E-state index is 12.6. The maximum Gasteiger partial charge on any atom is 0.496 e. The minimum absolute atomic E-state index is 0.0547. The fourth-order valence-electron chi connectivity index (χ4n) is 2.46. The molecule has 0 aromatic carbocycles. The van der Waals surface area contributed by atoms with E-state index in [1.165, 1.54) is 13.3 Å². The predicted molar refractivity (Wildman–Crippen MR) is 104 cm³/mol. The number of halogens is 1. The van der Waals surface area contributed by atoms with Crippen LogP contribution in [0.25, 0.3) is 0 Å². The van der Waals surface area contributed by atoms with Crippen molar-refractivity contribution in [3.05, 3.63) is 29.9 Å². The molecule has 28 heavy (non-hydrogen) atoms. The van der Waals surface area contributed by atoms with Gasteiger partial charge in [-0.1, -0.05) is 0 Å². The van der Waals surface area contributed by atoms with E-state index in [1.807, 2.05) is 27.7 Å². The van der Waals surface area contributed by atoms with Gasteiger partial charge < -0.3 is 14.0 Å². The molecular formula is C16H20BClN4O5S. The standard InChI is InChI=1S/C16H20BClN4O5S/c1-15(2)16(3,4)27-17(26-15)10-6-12(13(25-5)19-7-10)22-28(23,24)11-8-20-14(18)21-9-11/h6-9,22H,1-5H3. The lowest BCUT2D eigenvalue weighted by atomic mass is 9.80. The number of aromatic nitrogens is 3. The molecule has 150 valence electrons. The first-order valence-electron chi connectivity index (χ1n) is 8.35. The van der Waals surface area contributed by atoms with Crippen LogP contribution in [0, 0.1) is 0 Å². The zero-order valence-electron chi connectivity index (χ0n) is 16.1. The largest absolute Gasteiger partial charge is 0.496 e. The number of sulfonamides is 1. The Morgan fingerprint density at radius 2 is 1.64 bits per heavy atom. The van der Waals surface area contributed by atoms with Gasteiger partial charge >= 0.3 is 7.12 Å². The first kappa shape index (κ1) is 20.8. The lowest BCUT2D eigenvalue weighted by Crippen LogP contribution is -2.41. The summed E-state index contributed by atoms with van der Waals surface area (Å²) in [6.45, 7) is 7.70. The number of hydrogen-bond acceptors (Lipinski definition) is 8. The Labute approximate surface area is 169 Å². The number of nitrogens with one attached hydrogen (secondary N) is 1. The lowest BCUT2D eigenvalue weighted by Gasteiger charge is -2.32. The summed E-state index contributed by atoms with van der Waals surface area (Å²) in [4.78, 5) is 11.4. The Balaban J connectivity index is 1.93. The third-order valence-electron chi connectivity index (χ3n) is 4.74. The molecule has 1 aliphatic rings. The molecule has 1 fully saturated rings. The van der Waals surface area contributed by atoms with Crippen molar-refractivity contribution < 1.29 is 22.5 Å². The van der Waals surface area contributed by atoms with Crippen LogP contribution in [0.4, 0.5) is 5.69 Å². The number of pyridine rings is 1. The Bertz CT molecular complexity index is 969. The Kier molecular flexibility index (Phi) is 5.30. The van der Waals surface area contributed by atoms with E-state index in [4.69, 9.17) is 25.6 Å². The number of nitrogens with zero attached hydrogens (tertiary/aromatic N) is 3. The second-order valence-corrected chi connectivity index (χ2v) is 9.23. The first-order valence-corrected chi connectivity index (χ1v) is 10.2. The van der Waals surface area contributed by atoms with E-state index in [2.05, 4.69) is 19.7 Å². The lowest BCUT2D eigenvalue weighted by molar-refractivity contribution is 0.00578. The van der Waals surface area contributed by atoms with Gasteiger partial charge in [-0.15, -0.1) is 0 Å². The van der Waals surface area contributed by atoms with Gasteiger partial charge in [0.15, 0.2) is 0 Å². The van der Waals surface area contributed by atoms with E-state index < -0.39 is 28.3 Å². The van der Waals surface area contributed by atoms with Crippen LogP contribution in [0.3, 0.4) is 0 Å². The van der Waals surface area contributed by atoms with Gasteiger partial charge in [-0.25, -0.2) is 23.4 Å². The summed E-state index contributed by atoms with van der Waals surface area (Å²) >= 11 is 5.61. The third kappa shape index (κ3) is 3.93. The Morgan fingerprint density at radius 3 is 2.18 bits per heavy atom. The summed E-state index contributed by atoms with van der Waals surface area (Å²) in [7, 11) is -3.30. The number of hydrogen-bond donors (Lipinski definition) is 1. The van der Waals surface area contributed by atoms with Crippen molar-refractivity contribution in [2.75, 3.05) is 11.8 Å². The quantitative estimate of drug-likeness (QED) is 0.567. The number of ether oxygens (including phenoxy) is 1. The average Bonchev–Trinajstić information content (AvgIpc) is 2.82. The summed E-state index contributed by atoms with van der Waals surface area (Å²) in [5, 5.41) is -0.0547. The average molecular weight is 427 g/mol. The van der Waals surface area contributed by atoms with Crippen molar-refractivity contribution >= 4 is 39.9 Å². The van der Waals surface area contributed by atoms with Crippen LogP contribution in [0.5, 0.6) is 5.88 Å². The first-order chi connectivity index (χ1) is 12.9. The van der Waals surface area contributed by atoms with Crippen molar-refractivity contribution in [1.82, 2.24) is 15.0 Å². The third-order valence-corrected chi connectivity index (χ3v) is 6.26. The Hall–Kier alpha value is -1.95. The van der Waals surface area contributed by atoms with E-state index in [-0.39, 0.29) is 21.7 Å². The molecule has 3 heterocycles. The van der Waals surface area contributed by atoms with E-state index >= 15 is 0 Å². The highest BCUT2D eigenvalue weighted by atomic mass is 35.5. The molecule has 0 saturated carbocycles. The van der Waals surface area contributed by atoms with Crippen LogP contribution in [-0.2, 0) is 19.3 Å². The molecule has 0 unspecified atom stereocenters. The molecule has 0 atom stereocenters. The molecule has 1 saturated heterocycles. The van der Waals surface area contributed by atoms with Crippen LogP contribution >= 0.6 is 11.6 Å². The van der Waals surface area contributed by atoms with E-state index in [0.717, 1.165) is 12.4 Å². The molecular weight excluding hydrogens is 407 g/mol. The summed E-state index contributed by atoms with van der Waals surface area (Å²) < 4.78 is 44.9. The van der Waals surface area contributed by atoms with Crippen LogP contribution in [0.2, 0.25) is 5.28 Å². The van der Waals surface area contributed by atoms with Gasteiger partial charge in [0.1, 0.15) is 10.6 Å². The van der Waals surface area contributed by atoms with Gasteiger partial charge in [0.2, 0.25) is 11.2 Å². The number of rotatable bonds is 5. The second kappa shape index (κ2) is 7.14. The molecule has 3 rings (SSSR count). The van der Waals surface area contributed by atoms with Crippen LogP contribution < -0.4 is 14.9 Å². The van der Waals surface area contributed by atoms with E-state index in [0.29, 0.717) is 5.46 Å². The maximum absolute atomic E-state index is 12.6. The number of methoxy groups -OCH3 is 1. The van der Waals surface area contributed by atoms with Crippen molar-refractivity contribution in [3.63, 3.8) is 0 Å². The van der Waals surface area contributed by atoms with Gasteiger partial charge in [-0.3, -0.25) is 4.72 Å². The molecule has 2 aromatic heterocycles. The molecule has 12 heteroatoms. The summed E-state index contributed by atoms with van der Waals surface area (Å²) in [5.74, 6) is 0.0960. The van der Waals surface area contributed by atoms with Gasteiger partial charge in [-0.2, -0.15) is 0 Å². The summed E-state index contributed by atoms with van der Waals surface area (Å²) in [6.07, 6.45) is 3.73. The zero-order chi connectivity index (χ0) is 20.7. The van der Waals surface area contributed by atoms with Crippen LogP contribution in [-0.4, -0.2) is 48.8 Å². The SMILES string of the molecule is COc1ncc(B2OC(C)(C)C(C)(C)O2)cc1NS(=O)(=O)c1cnc(Cl)nc1. The van der Waals surface area contributed by atoms with Crippen LogP contribution in [0.1, 0.15) is 27.7 Å². The van der Waals surface area contributed by atoms with Crippen molar-refractivity contribution in [3.8, 4) is 5.88 Å². The topological polar surface area (TPSA) is 113 Å². The zero-order valence-corrected chi connectivity index (χ0v) is 17.6. The molecule has 0 aliphatic carbocycles. The normalized spacial score (nSPS) is 18.1. The minimum atomic E-state index is -3.98. The summed E-state index contributed by atoms with van der Waals surface area (Å²) in [5.41, 5.74) is -0.412. The Morgan fingerprint density at radius 1 is 1.07 bits per heavy atom. The summed E-state index contributed by atoms with van der Waals surface area (Å²) in [6, 6.07) is 1.56. The van der Waals surface area contributed by atoms with E-state index in [9.17, 15) is 8.42 Å². The minimum Gasteiger partial charge on any atom is -0.480 e. The highest BCUT2D eigenvalue weighted by Gasteiger charge is 2.52. The molecule has 1 aliphatic heterocycles. The molecule has 2 aromatic rings. The monoisotopic (exact) mass is 426 g/mol. The molecule has 9 nitrogen and oxygen atoms in total. The molecule has 0 bridgehead atoms. The van der Waals surface area contributed by atoms with Gasteiger partial charge in [-0.05, 0) is 45.4 Å². The molecule has 0 radical (unpaired) electrons. The predicted octanol–water partition coefficient (Wildman–Crippen LogP) is 1.63. The smallest absolute Gasteiger partial charge is 0.480 e. The van der Waals surface area contributed by atoms with Crippen molar-refractivity contribution in [2.24, 2.45) is 0 Å². The number of anilines is 1. The van der Waals surface area contributed by atoms with Gasteiger partial charge in [0.05, 0.1) is 30.7 Å². The second-order valence-electron chi connectivity index (χ2n) is 7.21.